The predicted molar refractivity (Wildman–Crippen MR) is 105 cm³/mol. The van der Waals surface area contributed by atoms with Crippen LogP contribution in [0.15, 0.2) is 23.4 Å². The van der Waals surface area contributed by atoms with Crippen molar-refractivity contribution in [2.75, 3.05) is 5.75 Å². The number of ketones is 1. The van der Waals surface area contributed by atoms with E-state index in [1.54, 1.807) is 19.2 Å². The molecule has 3 heterocycles. The van der Waals surface area contributed by atoms with Crippen molar-refractivity contribution in [1.29, 1.82) is 0 Å². The molecule has 0 radical (unpaired) electrons. The van der Waals surface area contributed by atoms with Gasteiger partial charge in [-0.3, -0.25) is 14.3 Å². The summed E-state index contributed by atoms with van der Waals surface area (Å²) in [5.74, 6) is -1.45. The van der Waals surface area contributed by atoms with Crippen LogP contribution >= 0.6 is 23.1 Å². The second-order valence-electron chi connectivity index (χ2n) is 6.86. The van der Waals surface area contributed by atoms with Gasteiger partial charge in [-0.25, -0.2) is 9.97 Å². The van der Waals surface area contributed by atoms with E-state index < -0.39 is 12.0 Å². The number of carbonyl (C=O) groups excluding carboxylic acids is 2. The van der Waals surface area contributed by atoms with E-state index in [1.165, 1.54) is 22.2 Å². The molecule has 12 heteroatoms. The summed E-state index contributed by atoms with van der Waals surface area (Å²) < 4.78 is 40.6. The van der Waals surface area contributed by atoms with Gasteiger partial charge in [-0.1, -0.05) is 11.8 Å². The molecule has 1 amide bonds. The van der Waals surface area contributed by atoms with Crippen molar-refractivity contribution >= 4 is 45.8 Å². The van der Waals surface area contributed by atoms with Gasteiger partial charge in [0.05, 0.1) is 22.6 Å². The molecule has 3 aromatic heterocycles. The fourth-order valence-electron chi connectivity index (χ4n) is 2.72. The largest absolute Gasteiger partial charge is 0.451 e. The number of nitrogens with zero attached hydrogens (tertiary/aromatic N) is 4. The SMILES string of the molecule is Cn1cc2c(SCC(=O)c3ccc(CNC(=O)C4CC4)s3)nc(C(F)(F)F)nc2n1. The van der Waals surface area contributed by atoms with Crippen molar-refractivity contribution in [1.82, 2.24) is 25.1 Å². The molecule has 0 aliphatic heterocycles. The van der Waals surface area contributed by atoms with E-state index in [1.807, 2.05) is 0 Å². The molecule has 0 aromatic carbocycles. The van der Waals surface area contributed by atoms with Crippen LogP contribution in [0.1, 0.15) is 33.2 Å². The molecule has 0 spiro atoms. The summed E-state index contributed by atoms with van der Waals surface area (Å²) in [6.45, 7) is 0.359. The quantitative estimate of drug-likeness (QED) is 0.334. The molecular formula is C18H16F3N5O2S2. The molecule has 3 aromatic rings. The van der Waals surface area contributed by atoms with Gasteiger partial charge in [-0.05, 0) is 25.0 Å². The topological polar surface area (TPSA) is 89.8 Å². The average Bonchev–Trinajstić information content (AvgIpc) is 3.30. The summed E-state index contributed by atoms with van der Waals surface area (Å²) in [7, 11) is 1.57. The van der Waals surface area contributed by atoms with Crippen LogP contribution < -0.4 is 5.32 Å². The molecule has 0 atom stereocenters. The number of aromatic nitrogens is 4. The lowest BCUT2D eigenvalue weighted by Gasteiger charge is -2.07. The van der Waals surface area contributed by atoms with E-state index in [0.717, 1.165) is 29.5 Å². The molecule has 0 bridgehead atoms. The highest BCUT2D eigenvalue weighted by Crippen LogP contribution is 2.32. The summed E-state index contributed by atoms with van der Waals surface area (Å²) in [6, 6.07) is 3.43. The first-order chi connectivity index (χ1) is 14.2. The summed E-state index contributed by atoms with van der Waals surface area (Å²) in [5, 5.41) is 7.18. The minimum atomic E-state index is -4.71. The number of alkyl halides is 3. The smallest absolute Gasteiger partial charge is 0.351 e. The summed E-state index contributed by atoms with van der Waals surface area (Å²) in [6.07, 6.45) is -1.35. The van der Waals surface area contributed by atoms with Crippen LogP contribution in [0.3, 0.4) is 0 Å². The summed E-state index contributed by atoms with van der Waals surface area (Å²) in [5.41, 5.74) is -0.0698. The van der Waals surface area contributed by atoms with Crippen molar-refractivity contribution in [3.8, 4) is 0 Å². The minimum Gasteiger partial charge on any atom is -0.351 e. The van der Waals surface area contributed by atoms with E-state index in [2.05, 4.69) is 20.4 Å². The van der Waals surface area contributed by atoms with Crippen molar-refractivity contribution in [2.24, 2.45) is 13.0 Å². The van der Waals surface area contributed by atoms with E-state index in [-0.39, 0.29) is 34.0 Å². The van der Waals surface area contributed by atoms with Gasteiger partial charge >= 0.3 is 6.18 Å². The van der Waals surface area contributed by atoms with Crippen molar-refractivity contribution in [2.45, 2.75) is 30.6 Å². The van der Waals surface area contributed by atoms with E-state index in [4.69, 9.17) is 0 Å². The Balaban J connectivity index is 1.44. The Hall–Kier alpha value is -2.47. The van der Waals surface area contributed by atoms with Crippen LogP contribution in [0.5, 0.6) is 0 Å². The molecule has 0 unspecified atom stereocenters. The minimum absolute atomic E-state index is 0.0246. The van der Waals surface area contributed by atoms with Gasteiger partial charge in [0.25, 0.3) is 0 Å². The molecule has 1 N–H and O–H groups in total. The number of amides is 1. The maximum absolute atomic E-state index is 13.1. The summed E-state index contributed by atoms with van der Waals surface area (Å²) >= 11 is 2.18. The third kappa shape index (κ3) is 4.64. The third-order valence-corrected chi connectivity index (χ3v) is 6.49. The number of hydrogen-bond acceptors (Lipinski definition) is 7. The highest BCUT2D eigenvalue weighted by Gasteiger charge is 2.36. The predicted octanol–water partition coefficient (Wildman–Crippen LogP) is 3.44. The Bertz CT molecular complexity index is 1120. The van der Waals surface area contributed by atoms with Gasteiger partial charge < -0.3 is 5.32 Å². The lowest BCUT2D eigenvalue weighted by atomic mass is 10.3. The van der Waals surface area contributed by atoms with E-state index in [0.29, 0.717) is 16.8 Å². The van der Waals surface area contributed by atoms with Gasteiger partial charge in [0.2, 0.25) is 11.7 Å². The Morgan fingerprint density at radius 1 is 1.30 bits per heavy atom. The highest BCUT2D eigenvalue weighted by atomic mass is 32.2. The summed E-state index contributed by atoms with van der Waals surface area (Å²) in [4.78, 5) is 32.6. The van der Waals surface area contributed by atoms with Crippen LogP contribution in [0, 0.1) is 5.92 Å². The molecular weight excluding hydrogens is 439 g/mol. The van der Waals surface area contributed by atoms with E-state index >= 15 is 0 Å². The lowest BCUT2D eigenvalue weighted by Crippen LogP contribution is -2.23. The first-order valence-corrected chi connectivity index (χ1v) is 10.8. The van der Waals surface area contributed by atoms with Crippen molar-refractivity contribution in [3.05, 3.63) is 33.9 Å². The lowest BCUT2D eigenvalue weighted by molar-refractivity contribution is -0.145. The first kappa shape index (κ1) is 20.8. The fourth-order valence-corrected chi connectivity index (χ4v) is 4.57. The molecule has 0 saturated heterocycles. The number of aryl methyl sites for hydroxylation is 1. The maximum atomic E-state index is 13.1. The molecule has 1 aliphatic carbocycles. The Morgan fingerprint density at radius 2 is 2.07 bits per heavy atom. The zero-order valence-electron chi connectivity index (χ0n) is 15.7. The van der Waals surface area contributed by atoms with Crippen LogP contribution in [0.2, 0.25) is 0 Å². The van der Waals surface area contributed by atoms with Crippen molar-refractivity contribution in [3.63, 3.8) is 0 Å². The van der Waals surface area contributed by atoms with Crippen LogP contribution in [-0.2, 0) is 24.6 Å². The second-order valence-corrected chi connectivity index (χ2v) is 8.99. The molecule has 1 saturated carbocycles. The Morgan fingerprint density at radius 3 is 2.77 bits per heavy atom. The zero-order chi connectivity index (χ0) is 21.5. The van der Waals surface area contributed by atoms with Gasteiger partial charge in [0, 0.05) is 24.0 Å². The van der Waals surface area contributed by atoms with Gasteiger partial charge in [-0.2, -0.15) is 18.3 Å². The number of fused-ring (bicyclic) bond motifs is 1. The van der Waals surface area contributed by atoms with Gasteiger partial charge in [0.15, 0.2) is 11.4 Å². The van der Waals surface area contributed by atoms with Gasteiger partial charge in [0.1, 0.15) is 5.03 Å². The first-order valence-electron chi connectivity index (χ1n) is 9.01. The molecule has 4 rings (SSSR count). The van der Waals surface area contributed by atoms with Crippen molar-refractivity contribution < 1.29 is 22.8 Å². The number of thioether (sulfide) groups is 1. The zero-order valence-corrected chi connectivity index (χ0v) is 17.3. The number of nitrogens with one attached hydrogen (secondary N) is 1. The standard InChI is InChI=1S/C18H16F3N5O2S2/c1-26-7-11-14(25-26)23-17(18(19,20)21)24-16(11)29-8-12(27)13-5-4-10(30-13)6-22-15(28)9-2-3-9/h4-5,7,9H,2-3,6,8H2,1H3,(H,22,28). The third-order valence-electron chi connectivity index (χ3n) is 4.37. The number of Topliss-reactive ketones (excluding diaryl/α,β-unsaturated/α-hetero) is 1. The molecule has 7 nitrogen and oxygen atoms in total. The number of hydrogen-bond donors (Lipinski definition) is 1. The fraction of sp³-hybridized carbons (Fsp3) is 0.389. The second kappa shape index (κ2) is 7.99. The van der Waals surface area contributed by atoms with E-state index in [9.17, 15) is 22.8 Å². The monoisotopic (exact) mass is 455 g/mol. The number of halogens is 3. The number of thiophene rings is 1. The van der Waals surface area contributed by atoms with Crippen LogP contribution in [-0.4, -0.2) is 37.2 Å². The molecule has 1 fully saturated rings. The number of rotatable bonds is 7. The molecule has 30 heavy (non-hydrogen) atoms. The molecule has 1 aliphatic rings. The van der Waals surface area contributed by atoms with Gasteiger partial charge in [-0.15, -0.1) is 11.3 Å². The number of carbonyl (C=O) groups is 2. The molecule has 158 valence electrons. The Kier molecular flexibility index (Phi) is 5.53. The average molecular weight is 455 g/mol. The highest BCUT2D eigenvalue weighted by molar-refractivity contribution is 8.00. The van der Waals surface area contributed by atoms with Crippen LogP contribution in [0.4, 0.5) is 13.2 Å². The normalized spacial score (nSPS) is 14.3. The van der Waals surface area contributed by atoms with Crippen LogP contribution in [0.25, 0.3) is 11.0 Å². The maximum Gasteiger partial charge on any atom is 0.451 e. The Labute approximate surface area is 177 Å².